The summed E-state index contributed by atoms with van der Waals surface area (Å²) >= 11 is 6.50. The number of likely N-dealkylation sites (tertiary alicyclic amines) is 1. The van der Waals surface area contributed by atoms with Crippen LogP contribution in [0, 0.1) is 0 Å². The molecule has 2 atom stereocenters. The number of aromatic nitrogens is 2. The van der Waals surface area contributed by atoms with E-state index >= 15 is 0 Å². The first-order valence-electron chi connectivity index (χ1n) is 11.1. The van der Waals surface area contributed by atoms with E-state index in [0.717, 1.165) is 17.0 Å². The standard InChI is InChI=1S/C23H30ClFN4O4/c1-4-17-21(15-8-7-14(32-3)11-16(15)24)26-18(5-2)22(27-17)28-19-12-29(23(30)31)13-20(19)33-10-6-9-25/h7-8,11,19-20H,4-6,9-10,12-13H2,1-3H3,(H,27,28)(H,30,31)/t19-,20+/m1/s1. The van der Waals surface area contributed by atoms with Crippen molar-refractivity contribution in [1.29, 1.82) is 0 Å². The Bertz CT molecular complexity index is 978. The molecule has 2 N–H and O–H groups in total. The van der Waals surface area contributed by atoms with Gasteiger partial charge in [-0.25, -0.2) is 14.8 Å². The second kappa shape index (κ2) is 11.5. The zero-order chi connectivity index (χ0) is 24.0. The third-order valence-electron chi connectivity index (χ3n) is 5.61. The van der Waals surface area contributed by atoms with Crippen molar-refractivity contribution in [2.24, 2.45) is 0 Å². The molecule has 33 heavy (non-hydrogen) atoms. The van der Waals surface area contributed by atoms with Gasteiger partial charge in [0.15, 0.2) is 0 Å². The first kappa shape index (κ1) is 25.0. The summed E-state index contributed by atoms with van der Waals surface area (Å²) in [4.78, 5) is 22.5. The lowest BCUT2D eigenvalue weighted by Gasteiger charge is -2.22. The van der Waals surface area contributed by atoms with Gasteiger partial charge in [0, 0.05) is 18.7 Å². The fourth-order valence-electron chi connectivity index (χ4n) is 3.85. The average molecular weight is 481 g/mol. The number of hydrogen-bond donors (Lipinski definition) is 2. The van der Waals surface area contributed by atoms with Gasteiger partial charge in [0.25, 0.3) is 0 Å². The van der Waals surface area contributed by atoms with Gasteiger partial charge in [-0.1, -0.05) is 25.4 Å². The number of benzene rings is 1. The van der Waals surface area contributed by atoms with E-state index in [1.807, 2.05) is 26.0 Å². The van der Waals surface area contributed by atoms with Crippen LogP contribution >= 0.6 is 11.6 Å². The molecule has 1 fully saturated rings. The molecule has 8 nitrogen and oxygen atoms in total. The lowest BCUT2D eigenvalue weighted by Crippen LogP contribution is -2.35. The van der Waals surface area contributed by atoms with E-state index in [-0.39, 0.29) is 32.2 Å². The molecule has 1 amide bonds. The number of nitrogens with one attached hydrogen (secondary N) is 1. The number of ether oxygens (including phenoxy) is 2. The van der Waals surface area contributed by atoms with Gasteiger partial charge in [0.05, 0.1) is 54.6 Å². The number of carboxylic acid groups (broad SMARTS) is 1. The van der Waals surface area contributed by atoms with Gasteiger partial charge in [-0.15, -0.1) is 0 Å². The van der Waals surface area contributed by atoms with Crippen LogP contribution in [-0.4, -0.2) is 71.7 Å². The van der Waals surface area contributed by atoms with Crippen molar-refractivity contribution in [3.05, 3.63) is 34.6 Å². The number of hydrogen-bond acceptors (Lipinski definition) is 6. The lowest BCUT2D eigenvalue weighted by molar-refractivity contribution is 0.0495. The Hall–Kier alpha value is -2.65. The van der Waals surface area contributed by atoms with Crippen molar-refractivity contribution in [1.82, 2.24) is 14.9 Å². The van der Waals surface area contributed by atoms with Crippen molar-refractivity contribution in [3.8, 4) is 17.0 Å². The number of rotatable bonds is 10. The Balaban J connectivity index is 1.92. The molecule has 2 aromatic rings. The molecule has 1 aromatic carbocycles. The van der Waals surface area contributed by atoms with Crippen LogP contribution in [0.1, 0.15) is 31.7 Å². The fourth-order valence-corrected chi connectivity index (χ4v) is 4.11. The molecule has 0 spiro atoms. The van der Waals surface area contributed by atoms with E-state index in [2.05, 4.69) is 5.32 Å². The Kier molecular flexibility index (Phi) is 8.68. The molecule has 2 heterocycles. The van der Waals surface area contributed by atoms with Crippen molar-refractivity contribution in [3.63, 3.8) is 0 Å². The summed E-state index contributed by atoms with van der Waals surface area (Å²) in [5, 5.41) is 13.3. The minimum atomic E-state index is -1.01. The molecule has 1 saturated heterocycles. The number of amides is 1. The molecule has 1 aliphatic heterocycles. The molecule has 0 unspecified atom stereocenters. The number of carbonyl (C=O) groups is 1. The number of halogens is 2. The molecule has 0 bridgehead atoms. The zero-order valence-electron chi connectivity index (χ0n) is 19.1. The van der Waals surface area contributed by atoms with E-state index in [1.54, 1.807) is 13.2 Å². The largest absolute Gasteiger partial charge is 0.497 e. The summed E-state index contributed by atoms with van der Waals surface area (Å²) in [5.41, 5.74) is 2.99. The third kappa shape index (κ3) is 5.83. The van der Waals surface area contributed by atoms with Crippen LogP contribution in [-0.2, 0) is 17.6 Å². The average Bonchev–Trinajstić information content (AvgIpc) is 3.22. The number of aryl methyl sites for hydroxylation is 2. The minimum Gasteiger partial charge on any atom is -0.497 e. The molecule has 0 radical (unpaired) electrons. The highest BCUT2D eigenvalue weighted by molar-refractivity contribution is 6.33. The van der Waals surface area contributed by atoms with Gasteiger partial charge in [-0.2, -0.15) is 0 Å². The van der Waals surface area contributed by atoms with Gasteiger partial charge in [-0.3, -0.25) is 4.39 Å². The molecular weight excluding hydrogens is 451 g/mol. The van der Waals surface area contributed by atoms with Crippen molar-refractivity contribution >= 4 is 23.5 Å². The van der Waals surface area contributed by atoms with Crippen molar-refractivity contribution < 1.29 is 23.8 Å². The summed E-state index contributed by atoms with van der Waals surface area (Å²) < 4.78 is 23.5. The number of nitrogens with zero attached hydrogens (tertiary/aromatic N) is 3. The highest BCUT2D eigenvalue weighted by Crippen LogP contribution is 2.33. The second-order valence-corrected chi connectivity index (χ2v) is 8.16. The van der Waals surface area contributed by atoms with Crippen LogP contribution in [0.2, 0.25) is 5.02 Å². The molecular formula is C23H30ClFN4O4. The third-order valence-corrected chi connectivity index (χ3v) is 5.92. The predicted octanol–water partition coefficient (Wildman–Crippen LogP) is 4.45. The number of methoxy groups -OCH3 is 1. The van der Waals surface area contributed by atoms with Gasteiger partial charge in [0.2, 0.25) is 0 Å². The van der Waals surface area contributed by atoms with E-state index < -0.39 is 18.9 Å². The predicted molar refractivity (Wildman–Crippen MR) is 125 cm³/mol. The topological polar surface area (TPSA) is 96.8 Å². The smallest absolute Gasteiger partial charge is 0.407 e. The maximum absolute atomic E-state index is 12.5. The van der Waals surface area contributed by atoms with Crippen LogP contribution in [0.5, 0.6) is 5.75 Å². The Morgan fingerprint density at radius 3 is 2.64 bits per heavy atom. The SMILES string of the molecule is CCc1nc(-c2ccc(OC)cc2Cl)c(CC)nc1N[C@@H]1CN(C(=O)O)C[C@@H]1OCCCF. The van der Waals surface area contributed by atoms with Gasteiger partial charge in [-0.05, 0) is 37.5 Å². The highest BCUT2D eigenvalue weighted by atomic mass is 35.5. The maximum atomic E-state index is 12.5. The second-order valence-electron chi connectivity index (χ2n) is 7.76. The number of anilines is 1. The van der Waals surface area contributed by atoms with E-state index in [4.69, 9.17) is 31.0 Å². The van der Waals surface area contributed by atoms with Gasteiger partial charge in [0.1, 0.15) is 11.6 Å². The van der Waals surface area contributed by atoms with E-state index in [1.165, 1.54) is 4.90 Å². The van der Waals surface area contributed by atoms with Gasteiger partial charge >= 0.3 is 6.09 Å². The first-order valence-corrected chi connectivity index (χ1v) is 11.4. The maximum Gasteiger partial charge on any atom is 0.407 e. The van der Waals surface area contributed by atoms with Crippen LogP contribution in [0.15, 0.2) is 18.2 Å². The molecule has 3 rings (SSSR count). The normalized spacial score (nSPS) is 17.9. The molecule has 0 saturated carbocycles. The van der Waals surface area contributed by atoms with Crippen LogP contribution in [0.3, 0.4) is 0 Å². The summed E-state index contributed by atoms with van der Waals surface area (Å²) in [7, 11) is 1.58. The highest BCUT2D eigenvalue weighted by Gasteiger charge is 2.36. The summed E-state index contributed by atoms with van der Waals surface area (Å²) in [6, 6.07) is 5.13. The van der Waals surface area contributed by atoms with Crippen LogP contribution in [0.4, 0.5) is 15.0 Å². The summed E-state index contributed by atoms with van der Waals surface area (Å²) in [6.07, 6.45) is 0.0983. The molecule has 0 aliphatic carbocycles. The number of alkyl halides is 1. The summed E-state index contributed by atoms with van der Waals surface area (Å²) in [6.45, 7) is 4.18. The minimum absolute atomic E-state index is 0.217. The zero-order valence-corrected chi connectivity index (χ0v) is 19.9. The molecule has 180 valence electrons. The first-order chi connectivity index (χ1) is 15.9. The van der Waals surface area contributed by atoms with Crippen molar-refractivity contribution in [2.45, 2.75) is 45.3 Å². The Labute approximate surface area is 198 Å². The lowest BCUT2D eigenvalue weighted by atomic mass is 10.1. The summed E-state index contributed by atoms with van der Waals surface area (Å²) in [5.74, 6) is 1.26. The van der Waals surface area contributed by atoms with Crippen LogP contribution < -0.4 is 10.1 Å². The molecule has 1 aromatic heterocycles. The van der Waals surface area contributed by atoms with E-state index in [0.29, 0.717) is 35.1 Å². The Morgan fingerprint density at radius 1 is 1.27 bits per heavy atom. The monoisotopic (exact) mass is 480 g/mol. The van der Waals surface area contributed by atoms with Crippen LogP contribution in [0.25, 0.3) is 11.3 Å². The molecule has 10 heteroatoms. The molecule has 1 aliphatic rings. The van der Waals surface area contributed by atoms with E-state index in [9.17, 15) is 14.3 Å². The van der Waals surface area contributed by atoms with Gasteiger partial charge < -0.3 is 24.8 Å². The Morgan fingerprint density at radius 2 is 2.03 bits per heavy atom. The quantitative estimate of drug-likeness (QED) is 0.485. The van der Waals surface area contributed by atoms with Crippen molar-refractivity contribution in [2.75, 3.05) is 38.8 Å². The fraction of sp³-hybridized carbons (Fsp3) is 0.522.